The van der Waals surface area contributed by atoms with E-state index in [0.717, 1.165) is 24.4 Å². The number of nitrogen functional groups attached to an aromatic ring is 1. The molecule has 6 heteroatoms. The Hall–Kier alpha value is -2.24. The Labute approximate surface area is 118 Å². The van der Waals surface area contributed by atoms with Gasteiger partial charge in [0.25, 0.3) is 0 Å². The van der Waals surface area contributed by atoms with Gasteiger partial charge in [-0.2, -0.15) is 5.10 Å². The fourth-order valence-electron chi connectivity index (χ4n) is 2.08. The normalized spacial score (nSPS) is 10.8. The first-order valence-electron chi connectivity index (χ1n) is 6.69. The first-order valence-corrected chi connectivity index (χ1v) is 6.69. The first-order chi connectivity index (χ1) is 9.55. The van der Waals surface area contributed by atoms with Crippen LogP contribution < -0.4 is 5.73 Å². The summed E-state index contributed by atoms with van der Waals surface area (Å²) < 4.78 is 8.84. The summed E-state index contributed by atoms with van der Waals surface area (Å²) in [6, 6.07) is 3.58. The van der Waals surface area contributed by atoms with Gasteiger partial charge in [0.1, 0.15) is 12.3 Å². The lowest BCUT2D eigenvalue weighted by Gasteiger charge is -2.06. The highest BCUT2D eigenvalue weighted by atomic mass is 16.5. The quantitative estimate of drug-likeness (QED) is 0.844. The lowest BCUT2D eigenvalue weighted by Crippen LogP contribution is -2.12. The largest absolute Gasteiger partial charge is 0.455 e. The third kappa shape index (κ3) is 2.84. The number of ether oxygens (including phenoxy) is 1. The number of aromatic nitrogens is 3. The maximum absolute atomic E-state index is 12.0. The van der Waals surface area contributed by atoms with Gasteiger partial charge < -0.3 is 15.0 Å². The number of rotatable bonds is 5. The van der Waals surface area contributed by atoms with E-state index in [1.54, 1.807) is 23.9 Å². The minimum absolute atomic E-state index is 0.213. The molecule has 0 radical (unpaired) electrons. The highest BCUT2D eigenvalue weighted by Gasteiger charge is 2.14. The average molecular weight is 276 g/mol. The smallest absolute Gasteiger partial charge is 0.355 e. The van der Waals surface area contributed by atoms with E-state index in [1.165, 1.54) is 0 Å². The van der Waals surface area contributed by atoms with Crippen LogP contribution in [0.15, 0.2) is 18.3 Å². The molecule has 0 aliphatic heterocycles. The molecule has 0 aliphatic rings. The number of carbonyl (C=O) groups is 1. The zero-order chi connectivity index (χ0) is 14.7. The summed E-state index contributed by atoms with van der Waals surface area (Å²) in [7, 11) is 1.76. The fourth-order valence-corrected chi connectivity index (χ4v) is 2.08. The zero-order valence-electron chi connectivity index (χ0n) is 12.1. The van der Waals surface area contributed by atoms with Crippen molar-refractivity contribution in [3.8, 4) is 0 Å². The molecule has 0 aromatic carbocycles. The van der Waals surface area contributed by atoms with E-state index in [0.29, 0.717) is 11.4 Å². The molecular formula is C14H20N4O2. The molecule has 0 aliphatic carbocycles. The molecule has 2 N–H and O–H groups in total. The molecule has 0 bridgehead atoms. The number of carbonyl (C=O) groups excluding carboxylic acids is 1. The molecule has 0 spiro atoms. The van der Waals surface area contributed by atoms with E-state index in [9.17, 15) is 4.79 Å². The van der Waals surface area contributed by atoms with Crippen LogP contribution in [-0.4, -0.2) is 20.3 Å². The van der Waals surface area contributed by atoms with Crippen LogP contribution in [-0.2, 0) is 31.4 Å². The van der Waals surface area contributed by atoms with Gasteiger partial charge in [-0.1, -0.05) is 6.92 Å². The van der Waals surface area contributed by atoms with Crippen LogP contribution in [0.3, 0.4) is 0 Å². The maximum Gasteiger partial charge on any atom is 0.355 e. The molecule has 0 saturated carbocycles. The molecular weight excluding hydrogens is 256 g/mol. The summed E-state index contributed by atoms with van der Waals surface area (Å²) in [4.78, 5) is 12.0. The number of esters is 1. The SMILES string of the molecule is CCc1cc(COC(=O)c2cc(N)cn2C)n(CC)n1. The zero-order valence-corrected chi connectivity index (χ0v) is 12.1. The van der Waals surface area contributed by atoms with Crippen molar-refractivity contribution >= 4 is 11.7 Å². The Morgan fingerprint density at radius 2 is 2.15 bits per heavy atom. The van der Waals surface area contributed by atoms with Crippen molar-refractivity contribution in [2.24, 2.45) is 7.05 Å². The second-order valence-corrected chi connectivity index (χ2v) is 4.64. The van der Waals surface area contributed by atoms with E-state index in [-0.39, 0.29) is 12.6 Å². The third-order valence-corrected chi connectivity index (χ3v) is 3.16. The monoisotopic (exact) mass is 276 g/mol. The van der Waals surface area contributed by atoms with E-state index in [1.807, 2.05) is 24.6 Å². The van der Waals surface area contributed by atoms with E-state index >= 15 is 0 Å². The summed E-state index contributed by atoms with van der Waals surface area (Å²) >= 11 is 0. The Morgan fingerprint density at radius 3 is 2.70 bits per heavy atom. The van der Waals surface area contributed by atoms with Gasteiger partial charge in [0.15, 0.2) is 0 Å². The molecule has 6 nitrogen and oxygen atoms in total. The molecule has 2 aromatic heterocycles. The van der Waals surface area contributed by atoms with Crippen molar-refractivity contribution in [1.29, 1.82) is 0 Å². The molecule has 0 amide bonds. The number of hydrogen-bond acceptors (Lipinski definition) is 4. The fraction of sp³-hybridized carbons (Fsp3) is 0.429. The predicted molar refractivity (Wildman–Crippen MR) is 76.2 cm³/mol. The molecule has 20 heavy (non-hydrogen) atoms. The molecule has 2 rings (SSSR count). The number of hydrogen-bond donors (Lipinski definition) is 1. The number of nitrogens with two attached hydrogens (primary N) is 1. The molecule has 0 atom stereocenters. The molecule has 0 saturated heterocycles. The van der Waals surface area contributed by atoms with Crippen LogP contribution in [0.5, 0.6) is 0 Å². The van der Waals surface area contributed by atoms with E-state index in [2.05, 4.69) is 5.10 Å². The maximum atomic E-state index is 12.0. The molecule has 2 aromatic rings. The number of nitrogens with zero attached hydrogens (tertiary/aromatic N) is 3. The summed E-state index contributed by atoms with van der Waals surface area (Å²) in [6.07, 6.45) is 2.55. The van der Waals surface area contributed by atoms with Gasteiger partial charge >= 0.3 is 5.97 Å². The minimum atomic E-state index is -0.383. The second-order valence-electron chi connectivity index (χ2n) is 4.64. The van der Waals surface area contributed by atoms with Crippen LogP contribution in [0.4, 0.5) is 5.69 Å². The Balaban J connectivity index is 2.06. The average Bonchev–Trinajstić information content (AvgIpc) is 2.98. The summed E-state index contributed by atoms with van der Waals surface area (Å²) in [6.45, 7) is 5.02. The van der Waals surface area contributed by atoms with Crippen LogP contribution >= 0.6 is 0 Å². The van der Waals surface area contributed by atoms with Crippen molar-refractivity contribution in [1.82, 2.24) is 14.3 Å². The topological polar surface area (TPSA) is 75.1 Å². The Kier molecular flexibility index (Phi) is 4.12. The molecule has 0 fully saturated rings. The summed E-state index contributed by atoms with van der Waals surface area (Å²) in [5.74, 6) is -0.383. The van der Waals surface area contributed by atoms with Gasteiger partial charge in [-0.25, -0.2) is 4.79 Å². The van der Waals surface area contributed by atoms with E-state index in [4.69, 9.17) is 10.5 Å². The second kappa shape index (κ2) is 5.81. The lowest BCUT2D eigenvalue weighted by atomic mass is 10.3. The Morgan fingerprint density at radius 1 is 1.40 bits per heavy atom. The summed E-state index contributed by atoms with van der Waals surface area (Å²) in [5, 5.41) is 4.42. The van der Waals surface area contributed by atoms with Gasteiger partial charge in [0, 0.05) is 19.8 Å². The minimum Gasteiger partial charge on any atom is -0.455 e. The van der Waals surface area contributed by atoms with Crippen molar-refractivity contribution in [3.63, 3.8) is 0 Å². The van der Waals surface area contributed by atoms with Gasteiger partial charge in [0.2, 0.25) is 0 Å². The molecule has 0 unspecified atom stereocenters. The van der Waals surface area contributed by atoms with Crippen LogP contribution in [0.25, 0.3) is 0 Å². The van der Waals surface area contributed by atoms with Gasteiger partial charge in [-0.15, -0.1) is 0 Å². The van der Waals surface area contributed by atoms with Crippen LogP contribution in [0.2, 0.25) is 0 Å². The molecule has 2 heterocycles. The van der Waals surface area contributed by atoms with Crippen molar-refractivity contribution < 1.29 is 9.53 Å². The van der Waals surface area contributed by atoms with Gasteiger partial charge in [-0.05, 0) is 25.5 Å². The van der Waals surface area contributed by atoms with Crippen molar-refractivity contribution in [3.05, 3.63) is 35.4 Å². The van der Waals surface area contributed by atoms with Gasteiger partial charge in [-0.3, -0.25) is 4.68 Å². The van der Waals surface area contributed by atoms with Crippen LogP contribution in [0.1, 0.15) is 35.7 Å². The number of anilines is 1. The predicted octanol–water partition coefficient (Wildman–Crippen LogP) is 1.74. The first kappa shape index (κ1) is 14.2. The van der Waals surface area contributed by atoms with E-state index < -0.39 is 0 Å². The third-order valence-electron chi connectivity index (χ3n) is 3.16. The highest BCUT2D eigenvalue weighted by molar-refractivity contribution is 5.89. The van der Waals surface area contributed by atoms with Crippen LogP contribution in [0, 0.1) is 0 Å². The summed E-state index contributed by atoms with van der Waals surface area (Å²) in [5.41, 5.74) is 8.55. The lowest BCUT2D eigenvalue weighted by molar-refractivity contribution is 0.0451. The highest BCUT2D eigenvalue weighted by Crippen LogP contribution is 2.12. The Bertz CT molecular complexity index is 613. The van der Waals surface area contributed by atoms with Crippen molar-refractivity contribution in [2.45, 2.75) is 33.4 Å². The standard InChI is InChI=1S/C14H20N4O2/c1-4-11-7-12(18(5-2)16-11)9-20-14(19)13-6-10(15)8-17(13)3/h6-8H,4-5,9,15H2,1-3H3. The van der Waals surface area contributed by atoms with Crippen molar-refractivity contribution in [2.75, 3.05) is 5.73 Å². The van der Waals surface area contributed by atoms with Gasteiger partial charge in [0.05, 0.1) is 17.1 Å². The number of aryl methyl sites for hydroxylation is 3. The molecule has 108 valence electrons.